The highest BCUT2D eigenvalue weighted by atomic mass is 35.5. The number of sulfonamides is 1. The van der Waals surface area contributed by atoms with Crippen molar-refractivity contribution < 1.29 is 17.6 Å². The lowest BCUT2D eigenvalue weighted by Crippen LogP contribution is -2.50. The lowest BCUT2D eigenvalue weighted by molar-refractivity contribution is 0.0698. The van der Waals surface area contributed by atoms with Crippen LogP contribution >= 0.6 is 11.6 Å². The first-order valence-electron chi connectivity index (χ1n) is 7.54. The number of benzene rings is 1. The Hall–Kier alpha value is -2.03. The quantitative estimate of drug-likeness (QED) is 0.813. The van der Waals surface area contributed by atoms with Gasteiger partial charge in [0.2, 0.25) is 10.0 Å². The second kappa shape index (κ2) is 7.07. The Kier molecular flexibility index (Phi) is 5.03. The third kappa shape index (κ3) is 3.65. The van der Waals surface area contributed by atoms with Crippen LogP contribution in [0.4, 0.5) is 4.39 Å². The van der Waals surface area contributed by atoms with Crippen LogP contribution in [0.2, 0.25) is 5.02 Å². The summed E-state index contributed by atoms with van der Waals surface area (Å²) in [6.07, 6.45) is 3.07. The van der Waals surface area contributed by atoms with Crippen molar-refractivity contribution >= 4 is 27.5 Å². The third-order valence-corrected chi connectivity index (χ3v) is 6.17. The first-order chi connectivity index (χ1) is 11.9. The predicted octanol–water partition coefficient (Wildman–Crippen LogP) is 2.02. The summed E-state index contributed by atoms with van der Waals surface area (Å²) < 4.78 is 39.8. The maximum absolute atomic E-state index is 13.2. The van der Waals surface area contributed by atoms with Gasteiger partial charge in [-0.25, -0.2) is 12.8 Å². The van der Waals surface area contributed by atoms with Crippen LogP contribution in [-0.2, 0) is 10.0 Å². The van der Waals surface area contributed by atoms with Crippen LogP contribution in [0.1, 0.15) is 10.4 Å². The predicted molar refractivity (Wildman–Crippen MR) is 90.3 cm³/mol. The molecule has 9 heteroatoms. The molecule has 1 saturated heterocycles. The standard InChI is InChI=1S/C16H15ClFN3O3S/c17-14-11-13(1-2-15(14)18)25(23,24)21-9-7-20(8-10-21)16(22)12-3-5-19-6-4-12/h1-6,11H,7-10H2. The van der Waals surface area contributed by atoms with E-state index in [0.29, 0.717) is 5.56 Å². The van der Waals surface area contributed by atoms with Gasteiger partial charge in [0, 0.05) is 44.1 Å². The van der Waals surface area contributed by atoms with Crippen molar-refractivity contribution in [3.63, 3.8) is 0 Å². The molecule has 0 radical (unpaired) electrons. The number of piperazine rings is 1. The van der Waals surface area contributed by atoms with Gasteiger partial charge in [-0.1, -0.05) is 11.6 Å². The minimum atomic E-state index is -3.78. The molecule has 132 valence electrons. The Labute approximate surface area is 149 Å². The summed E-state index contributed by atoms with van der Waals surface area (Å²) >= 11 is 5.68. The summed E-state index contributed by atoms with van der Waals surface area (Å²) in [6.45, 7) is 0.868. The van der Waals surface area contributed by atoms with Crippen molar-refractivity contribution in [2.45, 2.75) is 4.90 Å². The topological polar surface area (TPSA) is 70.6 Å². The third-order valence-electron chi connectivity index (χ3n) is 3.98. The van der Waals surface area contributed by atoms with Crippen molar-refractivity contribution in [3.8, 4) is 0 Å². The van der Waals surface area contributed by atoms with E-state index in [1.54, 1.807) is 17.0 Å². The summed E-state index contributed by atoms with van der Waals surface area (Å²) in [5.41, 5.74) is 0.511. The van der Waals surface area contributed by atoms with Crippen LogP contribution in [0.5, 0.6) is 0 Å². The first-order valence-corrected chi connectivity index (χ1v) is 9.36. The summed E-state index contributed by atoms with van der Waals surface area (Å²) in [6, 6.07) is 6.54. The molecular weight excluding hydrogens is 369 g/mol. The van der Waals surface area contributed by atoms with Gasteiger partial charge in [-0.05, 0) is 30.3 Å². The number of hydrogen-bond acceptors (Lipinski definition) is 4. The molecule has 0 N–H and O–H groups in total. The van der Waals surface area contributed by atoms with Gasteiger partial charge in [-0.15, -0.1) is 0 Å². The zero-order valence-corrected chi connectivity index (χ0v) is 14.7. The van der Waals surface area contributed by atoms with Gasteiger partial charge < -0.3 is 4.90 Å². The van der Waals surface area contributed by atoms with Crippen molar-refractivity contribution in [3.05, 3.63) is 59.1 Å². The van der Waals surface area contributed by atoms with Crippen molar-refractivity contribution in [2.24, 2.45) is 0 Å². The molecule has 0 spiro atoms. The van der Waals surface area contributed by atoms with Gasteiger partial charge in [0.05, 0.1) is 9.92 Å². The summed E-state index contributed by atoms with van der Waals surface area (Å²) in [5.74, 6) is -0.836. The Morgan fingerprint density at radius 1 is 1.08 bits per heavy atom. The van der Waals surface area contributed by atoms with Gasteiger partial charge in [-0.3, -0.25) is 9.78 Å². The molecule has 0 bridgehead atoms. The number of halogens is 2. The number of carbonyl (C=O) groups excluding carboxylic acids is 1. The van der Waals surface area contributed by atoms with E-state index in [9.17, 15) is 17.6 Å². The molecule has 3 rings (SSSR count). The van der Waals surface area contributed by atoms with E-state index < -0.39 is 15.8 Å². The highest BCUT2D eigenvalue weighted by molar-refractivity contribution is 7.89. The molecule has 1 aliphatic rings. The zero-order chi connectivity index (χ0) is 18.0. The van der Waals surface area contributed by atoms with E-state index in [1.165, 1.54) is 22.8 Å². The minimum Gasteiger partial charge on any atom is -0.336 e. The van der Waals surface area contributed by atoms with Crippen molar-refractivity contribution in [1.29, 1.82) is 0 Å². The molecule has 0 aliphatic carbocycles. The Morgan fingerprint density at radius 2 is 1.72 bits per heavy atom. The first kappa shape index (κ1) is 17.8. The van der Waals surface area contributed by atoms with E-state index in [0.717, 1.165) is 12.1 Å². The molecule has 1 amide bonds. The number of carbonyl (C=O) groups is 1. The van der Waals surface area contributed by atoms with E-state index in [4.69, 9.17) is 11.6 Å². The van der Waals surface area contributed by atoms with Crippen LogP contribution in [0.25, 0.3) is 0 Å². The number of nitrogens with zero attached hydrogens (tertiary/aromatic N) is 3. The second-order valence-electron chi connectivity index (χ2n) is 5.51. The highest BCUT2D eigenvalue weighted by Crippen LogP contribution is 2.23. The average Bonchev–Trinajstić information content (AvgIpc) is 2.64. The molecule has 1 aromatic heterocycles. The Balaban J connectivity index is 1.71. The maximum Gasteiger partial charge on any atom is 0.254 e. The van der Waals surface area contributed by atoms with Gasteiger partial charge in [0.15, 0.2) is 0 Å². The van der Waals surface area contributed by atoms with E-state index in [1.807, 2.05) is 0 Å². The molecule has 25 heavy (non-hydrogen) atoms. The van der Waals surface area contributed by atoms with Crippen molar-refractivity contribution in [2.75, 3.05) is 26.2 Å². The molecule has 1 aromatic carbocycles. The maximum atomic E-state index is 13.2. The number of amides is 1. The van der Waals surface area contributed by atoms with Gasteiger partial charge >= 0.3 is 0 Å². The Bertz CT molecular complexity index is 885. The number of rotatable bonds is 3. The number of aromatic nitrogens is 1. The van der Waals surface area contributed by atoms with E-state index in [-0.39, 0.29) is 42.0 Å². The highest BCUT2D eigenvalue weighted by Gasteiger charge is 2.30. The summed E-state index contributed by atoms with van der Waals surface area (Å²) in [4.78, 5) is 17.8. The summed E-state index contributed by atoms with van der Waals surface area (Å²) in [5, 5.41) is -0.243. The molecule has 1 aliphatic heterocycles. The van der Waals surface area contributed by atoms with Crippen LogP contribution < -0.4 is 0 Å². The molecule has 2 aromatic rings. The zero-order valence-electron chi connectivity index (χ0n) is 13.1. The van der Waals surface area contributed by atoms with Gasteiger partial charge in [0.25, 0.3) is 5.91 Å². The largest absolute Gasteiger partial charge is 0.336 e. The molecule has 2 heterocycles. The Morgan fingerprint density at radius 3 is 2.32 bits per heavy atom. The second-order valence-corrected chi connectivity index (χ2v) is 7.85. The average molecular weight is 384 g/mol. The lowest BCUT2D eigenvalue weighted by atomic mass is 10.2. The molecule has 0 unspecified atom stereocenters. The smallest absolute Gasteiger partial charge is 0.254 e. The number of pyridine rings is 1. The van der Waals surface area contributed by atoms with Crippen LogP contribution in [0, 0.1) is 5.82 Å². The van der Waals surface area contributed by atoms with Gasteiger partial charge in [0.1, 0.15) is 5.82 Å². The van der Waals surface area contributed by atoms with Crippen LogP contribution in [0.15, 0.2) is 47.6 Å². The lowest BCUT2D eigenvalue weighted by Gasteiger charge is -2.34. The summed E-state index contributed by atoms with van der Waals surface area (Å²) in [7, 11) is -3.78. The normalized spacial score (nSPS) is 16.0. The monoisotopic (exact) mass is 383 g/mol. The fourth-order valence-corrected chi connectivity index (χ4v) is 4.29. The van der Waals surface area contributed by atoms with E-state index in [2.05, 4.69) is 4.98 Å². The molecular formula is C16H15ClFN3O3S. The minimum absolute atomic E-state index is 0.0622. The van der Waals surface area contributed by atoms with Crippen molar-refractivity contribution in [1.82, 2.24) is 14.2 Å². The fourth-order valence-electron chi connectivity index (χ4n) is 2.59. The fraction of sp³-hybridized carbons (Fsp3) is 0.250. The van der Waals surface area contributed by atoms with Crippen LogP contribution in [0.3, 0.4) is 0 Å². The van der Waals surface area contributed by atoms with E-state index >= 15 is 0 Å². The SMILES string of the molecule is O=C(c1ccncc1)N1CCN(S(=O)(=O)c2ccc(F)c(Cl)c2)CC1. The van der Waals surface area contributed by atoms with Gasteiger partial charge in [-0.2, -0.15) is 4.31 Å². The number of hydrogen-bond donors (Lipinski definition) is 0. The molecule has 1 fully saturated rings. The molecule has 0 saturated carbocycles. The van der Waals surface area contributed by atoms with Crippen LogP contribution in [-0.4, -0.2) is 54.7 Å². The molecule has 6 nitrogen and oxygen atoms in total. The molecule has 0 atom stereocenters.